The summed E-state index contributed by atoms with van der Waals surface area (Å²) >= 11 is 0. The molecule has 8 heteroatoms. The maximum atomic E-state index is 12.1. The van der Waals surface area contributed by atoms with Crippen molar-refractivity contribution in [2.24, 2.45) is 0 Å². The van der Waals surface area contributed by atoms with Crippen LogP contribution < -0.4 is 10.6 Å². The molecule has 2 N–H and O–H groups in total. The standard InChI is InChI=1S/C18H27N3O4S/c1-21(2)26(24,25)16-10-8-14(9-11-16)18(23)19-13-12-17(22)20-15-6-4-3-5-7-15/h8-11,15H,3-7,12-13H2,1-2H3,(H,19,23)(H,20,22). The molecule has 0 atom stereocenters. The number of nitrogens with zero attached hydrogens (tertiary/aromatic N) is 1. The highest BCUT2D eigenvalue weighted by Crippen LogP contribution is 2.17. The Labute approximate surface area is 155 Å². The van der Waals surface area contributed by atoms with Crippen LogP contribution in [0.15, 0.2) is 29.2 Å². The van der Waals surface area contributed by atoms with Crippen molar-refractivity contribution in [3.8, 4) is 0 Å². The topological polar surface area (TPSA) is 95.6 Å². The fraction of sp³-hybridized carbons (Fsp3) is 0.556. The summed E-state index contributed by atoms with van der Waals surface area (Å²) in [5.74, 6) is -0.381. The van der Waals surface area contributed by atoms with Crippen molar-refractivity contribution >= 4 is 21.8 Å². The zero-order valence-electron chi connectivity index (χ0n) is 15.3. The zero-order chi connectivity index (χ0) is 19.2. The monoisotopic (exact) mass is 381 g/mol. The molecule has 0 radical (unpaired) electrons. The Kier molecular flexibility index (Phi) is 7.16. The van der Waals surface area contributed by atoms with Gasteiger partial charge in [0.15, 0.2) is 0 Å². The van der Waals surface area contributed by atoms with Gasteiger partial charge < -0.3 is 10.6 Å². The normalized spacial score (nSPS) is 15.7. The summed E-state index contributed by atoms with van der Waals surface area (Å²) in [5.41, 5.74) is 0.357. The molecule has 26 heavy (non-hydrogen) atoms. The van der Waals surface area contributed by atoms with Gasteiger partial charge in [0.2, 0.25) is 15.9 Å². The van der Waals surface area contributed by atoms with E-state index in [1.807, 2.05) is 0 Å². The summed E-state index contributed by atoms with van der Waals surface area (Å²) in [7, 11) is -0.608. The lowest BCUT2D eigenvalue weighted by atomic mass is 9.95. The van der Waals surface area contributed by atoms with E-state index in [1.165, 1.54) is 44.8 Å². The molecule has 0 saturated heterocycles. The first-order valence-electron chi connectivity index (χ1n) is 8.91. The Morgan fingerprint density at radius 1 is 1.08 bits per heavy atom. The summed E-state index contributed by atoms with van der Waals surface area (Å²) in [4.78, 5) is 24.2. The Bertz CT molecular complexity index is 723. The summed E-state index contributed by atoms with van der Waals surface area (Å²) in [6.07, 6.45) is 5.83. The molecule has 144 valence electrons. The van der Waals surface area contributed by atoms with Gasteiger partial charge in [-0.1, -0.05) is 19.3 Å². The maximum absolute atomic E-state index is 12.1. The molecule has 0 unspecified atom stereocenters. The molecule has 1 fully saturated rings. The first kappa shape index (κ1) is 20.4. The first-order chi connectivity index (χ1) is 12.3. The Morgan fingerprint density at radius 2 is 1.69 bits per heavy atom. The lowest BCUT2D eigenvalue weighted by Gasteiger charge is -2.22. The third-order valence-corrected chi connectivity index (χ3v) is 6.33. The van der Waals surface area contributed by atoms with Gasteiger partial charge in [0.25, 0.3) is 5.91 Å². The maximum Gasteiger partial charge on any atom is 0.251 e. The van der Waals surface area contributed by atoms with Crippen molar-refractivity contribution < 1.29 is 18.0 Å². The molecule has 0 aliphatic heterocycles. The summed E-state index contributed by atoms with van der Waals surface area (Å²) in [6, 6.07) is 6.00. The molecule has 1 aliphatic carbocycles. The minimum absolute atomic E-state index is 0.0513. The average molecular weight is 381 g/mol. The van der Waals surface area contributed by atoms with Gasteiger partial charge in [0, 0.05) is 38.7 Å². The van der Waals surface area contributed by atoms with Crippen LogP contribution in [0.3, 0.4) is 0 Å². The van der Waals surface area contributed by atoms with Gasteiger partial charge in [0.1, 0.15) is 0 Å². The minimum Gasteiger partial charge on any atom is -0.353 e. The number of carbonyl (C=O) groups is 2. The second-order valence-corrected chi connectivity index (χ2v) is 8.87. The molecular formula is C18H27N3O4S. The van der Waals surface area contributed by atoms with Crippen LogP contribution in [-0.2, 0) is 14.8 Å². The van der Waals surface area contributed by atoms with Crippen molar-refractivity contribution in [2.75, 3.05) is 20.6 Å². The highest BCUT2D eigenvalue weighted by Gasteiger charge is 2.18. The number of hydrogen-bond donors (Lipinski definition) is 2. The van der Waals surface area contributed by atoms with E-state index >= 15 is 0 Å². The molecule has 7 nitrogen and oxygen atoms in total. The van der Waals surface area contributed by atoms with E-state index in [0.29, 0.717) is 5.56 Å². The van der Waals surface area contributed by atoms with Crippen molar-refractivity contribution in [3.05, 3.63) is 29.8 Å². The van der Waals surface area contributed by atoms with Crippen LogP contribution in [-0.4, -0.2) is 51.2 Å². The molecule has 2 amide bonds. The Balaban J connectivity index is 1.79. The molecular weight excluding hydrogens is 354 g/mol. The SMILES string of the molecule is CN(C)S(=O)(=O)c1ccc(C(=O)NCCC(=O)NC2CCCCC2)cc1. The number of sulfonamides is 1. The molecule has 0 spiro atoms. The fourth-order valence-electron chi connectivity index (χ4n) is 2.93. The molecule has 1 aliphatic rings. The van der Waals surface area contributed by atoms with Gasteiger partial charge in [-0.2, -0.15) is 0 Å². The smallest absolute Gasteiger partial charge is 0.251 e. The fourth-order valence-corrected chi connectivity index (χ4v) is 3.83. The van der Waals surface area contributed by atoms with Gasteiger partial charge in [-0.3, -0.25) is 9.59 Å². The van der Waals surface area contributed by atoms with Gasteiger partial charge >= 0.3 is 0 Å². The molecule has 0 bridgehead atoms. The van der Waals surface area contributed by atoms with Crippen LogP contribution >= 0.6 is 0 Å². The third kappa shape index (κ3) is 5.54. The second kappa shape index (κ2) is 9.14. The van der Waals surface area contributed by atoms with E-state index in [1.54, 1.807) is 0 Å². The lowest BCUT2D eigenvalue weighted by molar-refractivity contribution is -0.121. The highest BCUT2D eigenvalue weighted by molar-refractivity contribution is 7.89. The predicted octanol–water partition coefficient (Wildman–Crippen LogP) is 1.51. The first-order valence-corrected chi connectivity index (χ1v) is 10.3. The number of hydrogen-bond acceptors (Lipinski definition) is 4. The van der Waals surface area contributed by atoms with E-state index in [2.05, 4.69) is 10.6 Å². The van der Waals surface area contributed by atoms with Crippen molar-refractivity contribution in [1.82, 2.24) is 14.9 Å². The Hall–Kier alpha value is -1.93. The second-order valence-electron chi connectivity index (χ2n) is 6.72. The minimum atomic E-state index is -3.51. The van der Waals surface area contributed by atoms with E-state index in [4.69, 9.17) is 0 Å². The number of carbonyl (C=O) groups excluding carboxylic acids is 2. The van der Waals surface area contributed by atoms with E-state index in [-0.39, 0.29) is 35.7 Å². The van der Waals surface area contributed by atoms with Crippen molar-refractivity contribution in [3.63, 3.8) is 0 Å². The molecule has 2 rings (SSSR count). The van der Waals surface area contributed by atoms with Gasteiger partial charge in [-0.15, -0.1) is 0 Å². The predicted molar refractivity (Wildman–Crippen MR) is 99.3 cm³/mol. The zero-order valence-corrected chi connectivity index (χ0v) is 16.1. The van der Waals surface area contributed by atoms with Crippen LogP contribution in [0.5, 0.6) is 0 Å². The number of amides is 2. The van der Waals surface area contributed by atoms with Gasteiger partial charge in [-0.25, -0.2) is 12.7 Å². The average Bonchev–Trinajstić information content (AvgIpc) is 2.62. The lowest BCUT2D eigenvalue weighted by Crippen LogP contribution is -2.38. The van der Waals surface area contributed by atoms with E-state index < -0.39 is 10.0 Å². The van der Waals surface area contributed by atoms with Gasteiger partial charge in [-0.05, 0) is 37.1 Å². The summed E-state index contributed by atoms with van der Waals surface area (Å²) < 4.78 is 25.1. The van der Waals surface area contributed by atoms with Crippen LogP contribution in [0.25, 0.3) is 0 Å². The quantitative estimate of drug-likeness (QED) is 0.748. The van der Waals surface area contributed by atoms with E-state index in [0.717, 1.165) is 30.0 Å². The van der Waals surface area contributed by atoms with Gasteiger partial charge in [0.05, 0.1) is 4.90 Å². The van der Waals surface area contributed by atoms with Crippen LogP contribution in [0, 0.1) is 0 Å². The molecule has 1 aromatic carbocycles. The van der Waals surface area contributed by atoms with Crippen LogP contribution in [0.2, 0.25) is 0 Å². The van der Waals surface area contributed by atoms with Crippen LogP contribution in [0.4, 0.5) is 0 Å². The van der Waals surface area contributed by atoms with Crippen molar-refractivity contribution in [1.29, 1.82) is 0 Å². The summed E-state index contributed by atoms with van der Waals surface area (Å²) in [5, 5.41) is 5.69. The molecule has 0 heterocycles. The summed E-state index contributed by atoms with van der Waals surface area (Å²) in [6.45, 7) is 0.245. The van der Waals surface area contributed by atoms with Crippen LogP contribution in [0.1, 0.15) is 48.9 Å². The number of benzene rings is 1. The molecule has 1 saturated carbocycles. The molecule has 1 aromatic rings. The van der Waals surface area contributed by atoms with Crippen molar-refractivity contribution in [2.45, 2.75) is 49.5 Å². The largest absolute Gasteiger partial charge is 0.353 e. The number of rotatable bonds is 7. The molecule has 0 aromatic heterocycles. The highest BCUT2D eigenvalue weighted by atomic mass is 32.2. The number of nitrogens with one attached hydrogen (secondary N) is 2. The Morgan fingerprint density at radius 3 is 2.27 bits per heavy atom. The van der Waals surface area contributed by atoms with E-state index in [9.17, 15) is 18.0 Å². The third-order valence-electron chi connectivity index (χ3n) is 4.50.